The normalized spacial score (nSPS) is 13.1. The molecule has 0 aliphatic rings. The molecule has 0 aliphatic heterocycles. The topological polar surface area (TPSA) is 65.5 Å². The highest BCUT2D eigenvalue weighted by atomic mass is 35.7. The Hall–Kier alpha value is -0.633. The van der Waals surface area contributed by atoms with Crippen LogP contribution in [-0.4, -0.2) is 34.9 Å². The molecule has 1 rings (SSSR count). The quantitative estimate of drug-likeness (QED) is 0.331. The van der Waals surface area contributed by atoms with E-state index < -0.39 is 17.4 Å². The van der Waals surface area contributed by atoms with E-state index in [1.54, 1.807) is 13.0 Å². The van der Waals surface area contributed by atoms with Crippen LogP contribution in [0.5, 0.6) is 5.88 Å². The Kier molecular flexibility index (Phi) is 7.92. The maximum Gasteiger partial charge on any atom is 0.266 e. The van der Waals surface area contributed by atoms with E-state index in [0.29, 0.717) is 12.3 Å². The predicted molar refractivity (Wildman–Crippen MR) is 105 cm³/mol. The summed E-state index contributed by atoms with van der Waals surface area (Å²) in [5.41, 5.74) is 0.682. The standard InChI is InChI=1S/C17H30ClNO4SSi/c1-14-10-11-15(24(18,20)21)16(19-14)22-12-8-7-9-13-23-25(5,6)17(2,3)4/h10-11H,7-9,12-13H2,1-6H3. The fourth-order valence-electron chi connectivity index (χ4n) is 1.90. The highest BCUT2D eigenvalue weighted by Gasteiger charge is 2.36. The number of hydrogen-bond acceptors (Lipinski definition) is 5. The number of pyridine rings is 1. The molecule has 0 saturated heterocycles. The summed E-state index contributed by atoms with van der Waals surface area (Å²) in [4.78, 5) is 4.05. The zero-order valence-electron chi connectivity index (χ0n) is 16.1. The molecule has 0 aromatic carbocycles. The van der Waals surface area contributed by atoms with Crippen LogP contribution < -0.4 is 4.74 Å². The molecule has 0 N–H and O–H groups in total. The molecule has 0 amide bonds. The summed E-state index contributed by atoms with van der Waals surface area (Å²) in [6.07, 6.45) is 2.71. The van der Waals surface area contributed by atoms with E-state index in [9.17, 15) is 8.42 Å². The minimum absolute atomic E-state index is 0.0764. The van der Waals surface area contributed by atoms with Gasteiger partial charge >= 0.3 is 0 Å². The monoisotopic (exact) mass is 407 g/mol. The van der Waals surface area contributed by atoms with E-state index >= 15 is 0 Å². The average molecular weight is 408 g/mol. The number of aryl methyl sites for hydroxylation is 1. The van der Waals surface area contributed by atoms with Crippen LogP contribution in [0.2, 0.25) is 18.1 Å². The average Bonchev–Trinajstić information content (AvgIpc) is 2.43. The largest absolute Gasteiger partial charge is 0.477 e. The van der Waals surface area contributed by atoms with Gasteiger partial charge in [0.25, 0.3) is 9.05 Å². The van der Waals surface area contributed by atoms with Crippen molar-refractivity contribution in [1.29, 1.82) is 0 Å². The highest BCUT2D eigenvalue weighted by molar-refractivity contribution is 8.13. The Morgan fingerprint density at radius 1 is 1.12 bits per heavy atom. The Bertz CT molecular complexity index is 672. The van der Waals surface area contributed by atoms with E-state index in [1.807, 2.05) is 0 Å². The molecular formula is C17H30ClNO4SSi. The molecule has 144 valence electrons. The third-order valence-electron chi connectivity index (χ3n) is 4.52. The summed E-state index contributed by atoms with van der Waals surface area (Å²) >= 11 is 0. The molecule has 0 radical (unpaired) electrons. The smallest absolute Gasteiger partial charge is 0.266 e. The van der Waals surface area contributed by atoms with Crippen molar-refractivity contribution in [1.82, 2.24) is 4.98 Å². The molecule has 0 unspecified atom stereocenters. The first kappa shape index (κ1) is 22.4. The maximum atomic E-state index is 11.5. The summed E-state index contributed by atoms with van der Waals surface area (Å²) in [6.45, 7) is 14.1. The molecule has 1 heterocycles. The van der Waals surface area contributed by atoms with Crippen molar-refractivity contribution in [2.45, 2.75) is 70.0 Å². The number of halogens is 1. The zero-order valence-corrected chi connectivity index (χ0v) is 18.6. The highest BCUT2D eigenvalue weighted by Crippen LogP contribution is 2.36. The second kappa shape index (κ2) is 8.84. The van der Waals surface area contributed by atoms with Crippen molar-refractivity contribution in [3.8, 4) is 5.88 Å². The fraction of sp³-hybridized carbons (Fsp3) is 0.706. The van der Waals surface area contributed by atoms with Gasteiger partial charge in [-0.2, -0.15) is 0 Å². The Balaban J connectivity index is 2.39. The zero-order chi connectivity index (χ0) is 19.3. The number of nitrogens with zero attached hydrogens (tertiary/aromatic N) is 1. The number of ether oxygens (including phenoxy) is 1. The first-order valence-corrected chi connectivity index (χ1v) is 13.8. The van der Waals surface area contributed by atoms with E-state index in [0.717, 1.165) is 25.9 Å². The van der Waals surface area contributed by atoms with Crippen molar-refractivity contribution >= 4 is 28.1 Å². The van der Waals surface area contributed by atoms with Crippen LogP contribution in [0.4, 0.5) is 0 Å². The molecule has 0 spiro atoms. The van der Waals surface area contributed by atoms with Gasteiger partial charge in [0.2, 0.25) is 5.88 Å². The summed E-state index contributed by atoms with van der Waals surface area (Å²) in [5, 5.41) is 0.219. The van der Waals surface area contributed by atoms with Crippen molar-refractivity contribution in [3.05, 3.63) is 17.8 Å². The van der Waals surface area contributed by atoms with Crippen LogP contribution in [0.15, 0.2) is 17.0 Å². The van der Waals surface area contributed by atoms with Gasteiger partial charge in [-0.15, -0.1) is 0 Å². The van der Waals surface area contributed by atoms with Gasteiger partial charge in [-0.05, 0) is 56.5 Å². The molecule has 0 bridgehead atoms. The molecule has 8 heteroatoms. The van der Waals surface area contributed by atoms with Crippen LogP contribution in [0.3, 0.4) is 0 Å². The third kappa shape index (κ3) is 7.25. The second-order valence-corrected chi connectivity index (χ2v) is 15.1. The van der Waals surface area contributed by atoms with Gasteiger partial charge in [-0.3, -0.25) is 0 Å². The number of hydrogen-bond donors (Lipinski definition) is 0. The van der Waals surface area contributed by atoms with Crippen LogP contribution in [0.1, 0.15) is 45.7 Å². The van der Waals surface area contributed by atoms with E-state index in [1.165, 1.54) is 6.07 Å². The van der Waals surface area contributed by atoms with Crippen LogP contribution in [0, 0.1) is 6.92 Å². The molecule has 1 aromatic rings. The van der Waals surface area contributed by atoms with Crippen molar-refractivity contribution in [3.63, 3.8) is 0 Å². The van der Waals surface area contributed by atoms with Gasteiger partial charge in [0.1, 0.15) is 4.90 Å². The lowest BCUT2D eigenvalue weighted by atomic mass is 10.2. The van der Waals surface area contributed by atoms with E-state index in [2.05, 4.69) is 38.8 Å². The number of aromatic nitrogens is 1. The van der Waals surface area contributed by atoms with E-state index in [-0.39, 0.29) is 15.8 Å². The van der Waals surface area contributed by atoms with Gasteiger partial charge in [0.15, 0.2) is 8.32 Å². The Morgan fingerprint density at radius 3 is 2.28 bits per heavy atom. The first-order chi connectivity index (χ1) is 11.3. The first-order valence-electron chi connectivity index (χ1n) is 8.54. The number of rotatable bonds is 9. The summed E-state index contributed by atoms with van der Waals surface area (Å²) in [5.74, 6) is 0.0764. The molecule has 25 heavy (non-hydrogen) atoms. The van der Waals surface area contributed by atoms with Gasteiger partial charge < -0.3 is 9.16 Å². The molecule has 5 nitrogen and oxygen atoms in total. The lowest BCUT2D eigenvalue weighted by Gasteiger charge is -2.36. The van der Waals surface area contributed by atoms with Gasteiger partial charge in [0.05, 0.1) is 6.61 Å². The summed E-state index contributed by atoms with van der Waals surface area (Å²) in [7, 11) is -0.130. The summed E-state index contributed by atoms with van der Waals surface area (Å²) in [6, 6.07) is 3.02. The molecule has 0 saturated carbocycles. The van der Waals surface area contributed by atoms with Crippen LogP contribution in [0.25, 0.3) is 0 Å². The third-order valence-corrected chi connectivity index (χ3v) is 10.4. The molecule has 1 aromatic heterocycles. The van der Waals surface area contributed by atoms with Gasteiger partial charge in [-0.1, -0.05) is 20.8 Å². The lowest BCUT2D eigenvalue weighted by molar-refractivity contribution is 0.258. The molecule has 0 aliphatic carbocycles. The second-order valence-electron chi connectivity index (χ2n) is 7.71. The van der Waals surface area contributed by atoms with Crippen molar-refractivity contribution in [2.24, 2.45) is 0 Å². The molecular weight excluding hydrogens is 378 g/mol. The molecule has 0 atom stereocenters. The van der Waals surface area contributed by atoms with E-state index in [4.69, 9.17) is 19.8 Å². The summed E-state index contributed by atoms with van der Waals surface area (Å²) < 4.78 is 34.8. The lowest BCUT2D eigenvalue weighted by Crippen LogP contribution is -2.40. The number of unbranched alkanes of at least 4 members (excludes halogenated alkanes) is 2. The van der Waals surface area contributed by atoms with Gasteiger partial charge in [0, 0.05) is 23.0 Å². The SMILES string of the molecule is Cc1ccc(S(=O)(=O)Cl)c(OCCCCCO[Si](C)(C)C(C)(C)C)n1. The van der Waals surface area contributed by atoms with Crippen molar-refractivity contribution in [2.75, 3.05) is 13.2 Å². The fourth-order valence-corrected chi connectivity index (χ4v) is 3.89. The minimum atomic E-state index is -3.86. The van der Waals surface area contributed by atoms with Crippen LogP contribution >= 0.6 is 10.7 Å². The predicted octanol–water partition coefficient (Wildman–Crippen LogP) is 4.89. The van der Waals surface area contributed by atoms with Gasteiger partial charge in [-0.25, -0.2) is 13.4 Å². The Labute approximate surface area is 157 Å². The Morgan fingerprint density at radius 2 is 1.72 bits per heavy atom. The van der Waals surface area contributed by atoms with Crippen LogP contribution in [-0.2, 0) is 13.5 Å². The van der Waals surface area contributed by atoms with Crippen molar-refractivity contribution < 1.29 is 17.6 Å². The molecule has 0 fully saturated rings. The minimum Gasteiger partial charge on any atom is -0.477 e. The maximum absolute atomic E-state index is 11.5.